The van der Waals surface area contributed by atoms with E-state index in [0.717, 1.165) is 15.7 Å². The number of thioether (sulfide) groups is 2. The van der Waals surface area contributed by atoms with Crippen molar-refractivity contribution in [1.82, 2.24) is 0 Å². The molecule has 0 saturated heterocycles. The maximum Gasteiger partial charge on any atom is 0.219 e. The Morgan fingerprint density at radius 2 is 1.24 bits per heavy atom. The zero-order chi connectivity index (χ0) is 28.9. The highest BCUT2D eigenvalue weighted by Crippen LogP contribution is 2.71. The number of rotatable bonds is 5. The lowest BCUT2D eigenvalue weighted by molar-refractivity contribution is 0.106. The molecule has 1 spiro atoms. The molecule has 0 radical (unpaired) electrons. The van der Waals surface area contributed by atoms with Crippen LogP contribution in [0.4, 0.5) is 5.69 Å². The highest BCUT2D eigenvalue weighted by Gasteiger charge is 2.61. The van der Waals surface area contributed by atoms with Gasteiger partial charge in [-0.25, -0.2) is 5.01 Å². The van der Waals surface area contributed by atoms with Crippen molar-refractivity contribution in [3.05, 3.63) is 171 Å². The number of halogens is 1. The molecule has 0 amide bonds. The lowest BCUT2D eigenvalue weighted by atomic mass is 9.81. The number of nitrogens with zero attached hydrogens (tertiary/aromatic N) is 2. The number of carbonyl (C=O) groups is 1. The monoisotopic (exact) mass is 646 g/mol. The molecule has 5 aromatic carbocycles. The molecule has 2 heterocycles. The van der Waals surface area contributed by atoms with Gasteiger partial charge in [0, 0.05) is 15.6 Å². The number of fused-ring (bicyclic) bond motifs is 2. The number of aryl methyl sites for hydroxylation is 2. The zero-order valence-electron chi connectivity index (χ0n) is 23.1. The maximum atomic E-state index is 13.9. The normalized spacial score (nSPS) is 18.6. The molecule has 0 aliphatic carbocycles. The summed E-state index contributed by atoms with van der Waals surface area (Å²) in [4.78, 5) is 13.9. The maximum absolute atomic E-state index is 13.9. The second kappa shape index (κ2) is 10.6. The summed E-state index contributed by atoms with van der Waals surface area (Å²) in [6.45, 7) is 4.24. The third-order valence-corrected chi connectivity index (χ3v) is 11.7. The van der Waals surface area contributed by atoms with Gasteiger partial charge >= 0.3 is 0 Å². The molecule has 5 aromatic rings. The van der Waals surface area contributed by atoms with Crippen LogP contribution in [-0.4, -0.2) is 10.8 Å². The molecule has 42 heavy (non-hydrogen) atoms. The van der Waals surface area contributed by atoms with Crippen LogP contribution in [0.5, 0.6) is 0 Å². The van der Waals surface area contributed by atoms with E-state index in [2.05, 4.69) is 120 Å². The van der Waals surface area contributed by atoms with Crippen molar-refractivity contribution in [2.75, 3.05) is 5.01 Å². The van der Waals surface area contributed by atoms with Gasteiger partial charge in [-0.3, -0.25) is 4.79 Å². The molecule has 0 aromatic heterocycles. The Balaban J connectivity index is 1.48. The highest BCUT2D eigenvalue weighted by atomic mass is 79.9. The van der Waals surface area contributed by atoms with Crippen LogP contribution in [0.2, 0.25) is 0 Å². The summed E-state index contributed by atoms with van der Waals surface area (Å²) in [5.74, 6) is -0.0687. The minimum Gasteiger partial charge on any atom is -0.286 e. The van der Waals surface area contributed by atoms with E-state index in [1.165, 1.54) is 27.8 Å². The van der Waals surface area contributed by atoms with Gasteiger partial charge in [0.1, 0.15) is 0 Å². The molecule has 7 rings (SSSR count). The van der Waals surface area contributed by atoms with E-state index in [1.807, 2.05) is 54.2 Å². The lowest BCUT2D eigenvalue weighted by Gasteiger charge is -2.37. The van der Waals surface area contributed by atoms with Crippen molar-refractivity contribution < 1.29 is 4.79 Å². The van der Waals surface area contributed by atoms with Gasteiger partial charge in [-0.05, 0) is 54.8 Å². The zero-order valence-corrected chi connectivity index (χ0v) is 26.3. The predicted octanol–water partition coefficient (Wildman–Crippen LogP) is 9.66. The van der Waals surface area contributed by atoms with E-state index >= 15 is 0 Å². The molecule has 1 atom stereocenters. The van der Waals surface area contributed by atoms with E-state index in [1.54, 1.807) is 11.8 Å². The first-order valence-corrected chi connectivity index (χ1v) is 16.2. The van der Waals surface area contributed by atoms with E-state index in [0.29, 0.717) is 10.6 Å². The third kappa shape index (κ3) is 4.36. The summed E-state index contributed by atoms with van der Waals surface area (Å²) in [5.41, 5.74) is 8.74. The molecule has 0 bridgehead atoms. The Bertz CT molecular complexity index is 1770. The minimum absolute atomic E-state index is 0.0687. The summed E-state index contributed by atoms with van der Waals surface area (Å²) in [6, 6.07) is 44.0. The van der Waals surface area contributed by atoms with Gasteiger partial charge in [0.15, 0.2) is 9.25 Å². The molecule has 0 unspecified atom stereocenters. The Labute approximate surface area is 263 Å². The van der Waals surface area contributed by atoms with E-state index in [4.69, 9.17) is 5.10 Å². The quantitative estimate of drug-likeness (QED) is 0.178. The molecular weight excluding hydrogens is 620 g/mol. The van der Waals surface area contributed by atoms with Gasteiger partial charge in [-0.15, -0.1) is 0 Å². The smallest absolute Gasteiger partial charge is 0.219 e. The number of ketones is 1. The van der Waals surface area contributed by atoms with Crippen LogP contribution in [0, 0.1) is 13.8 Å². The standard InChI is InChI=1S/C36H27BrN2OS2/c1-24-12-16-27(17-13-24)35(28-18-14-25(2)15-19-28)31-10-6-7-11-32(31)36(42-35)39(30-22-20-29(37)21-23-30)38-34(41-36)33(40)26-8-4-3-5-9-26/h3-23H,1-2H3/t36-/m1/s1. The van der Waals surface area contributed by atoms with Crippen LogP contribution in [-0.2, 0) is 8.95 Å². The van der Waals surface area contributed by atoms with Crippen LogP contribution in [0.1, 0.15) is 43.7 Å². The third-order valence-electron chi connectivity index (χ3n) is 7.86. The molecule has 0 fully saturated rings. The summed E-state index contributed by atoms with van der Waals surface area (Å²) in [6.07, 6.45) is 0. The predicted molar refractivity (Wildman–Crippen MR) is 180 cm³/mol. The topological polar surface area (TPSA) is 32.7 Å². The van der Waals surface area contributed by atoms with Crippen LogP contribution >= 0.6 is 39.5 Å². The molecule has 0 N–H and O–H groups in total. The molecule has 0 saturated carbocycles. The SMILES string of the molecule is Cc1ccc(C2(c3ccc(C)cc3)S[C@]3(SC(C(=O)c4ccccc4)=NN3c3ccc(Br)cc3)c3ccccc32)cc1. The van der Waals surface area contributed by atoms with E-state index in [9.17, 15) is 4.79 Å². The fourth-order valence-electron chi connectivity index (χ4n) is 5.75. The van der Waals surface area contributed by atoms with Crippen LogP contribution in [0.15, 0.2) is 137 Å². The number of hydrogen-bond donors (Lipinski definition) is 0. The largest absolute Gasteiger partial charge is 0.286 e. The summed E-state index contributed by atoms with van der Waals surface area (Å²) in [7, 11) is 0. The summed E-state index contributed by atoms with van der Waals surface area (Å²) < 4.78 is -0.260. The van der Waals surface area contributed by atoms with Crippen molar-refractivity contribution in [2.24, 2.45) is 5.10 Å². The molecular formula is C36H27BrN2OS2. The van der Waals surface area contributed by atoms with Gasteiger partial charge in [-0.2, -0.15) is 5.10 Å². The second-order valence-electron chi connectivity index (χ2n) is 10.6. The van der Waals surface area contributed by atoms with Gasteiger partial charge in [-0.1, -0.05) is 154 Å². The van der Waals surface area contributed by atoms with Crippen molar-refractivity contribution in [3.8, 4) is 0 Å². The first-order valence-electron chi connectivity index (χ1n) is 13.8. The first kappa shape index (κ1) is 27.3. The molecule has 2 aliphatic rings. The Hall–Kier alpha value is -3.58. The molecule has 6 heteroatoms. The number of benzene rings is 5. The van der Waals surface area contributed by atoms with Gasteiger partial charge in [0.25, 0.3) is 0 Å². The number of carbonyl (C=O) groups excluding carboxylic acids is 1. The summed E-state index contributed by atoms with van der Waals surface area (Å²) >= 11 is 6.99. The average Bonchev–Trinajstić information content (AvgIpc) is 3.55. The van der Waals surface area contributed by atoms with Crippen LogP contribution < -0.4 is 5.01 Å². The minimum atomic E-state index is -0.722. The Kier molecular flexibility index (Phi) is 6.88. The van der Waals surface area contributed by atoms with Gasteiger partial charge in [0.2, 0.25) is 5.78 Å². The number of hydrazone groups is 1. The fraction of sp³-hybridized carbons (Fsp3) is 0.111. The molecule has 2 aliphatic heterocycles. The van der Waals surface area contributed by atoms with Crippen molar-refractivity contribution in [1.29, 1.82) is 0 Å². The summed E-state index contributed by atoms with van der Waals surface area (Å²) in [5, 5.41) is 7.65. The van der Waals surface area contributed by atoms with Crippen molar-refractivity contribution in [3.63, 3.8) is 0 Å². The number of anilines is 1. The second-order valence-corrected chi connectivity index (χ2v) is 14.4. The van der Waals surface area contributed by atoms with Crippen LogP contribution in [0.25, 0.3) is 0 Å². The van der Waals surface area contributed by atoms with Crippen molar-refractivity contribution in [2.45, 2.75) is 22.8 Å². The van der Waals surface area contributed by atoms with Crippen LogP contribution in [0.3, 0.4) is 0 Å². The van der Waals surface area contributed by atoms with E-state index < -0.39 is 8.95 Å². The number of hydrogen-bond acceptors (Lipinski definition) is 5. The first-order chi connectivity index (χ1) is 20.4. The van der Waals surface area contributed by atoms with E-state index in [-0.39, 0.29) is 5.78 Å². The Morgan fingerprint density at radius 3 is 1.83 bits per heavy atom. The average molecular weight is 648 g/mol. The lowest BCUT2D eigenvalue weighted by Crippen LogP contribution is -2.34. The molecule has 3 nitrogen and oxygen atoms in total. The Morgan fingerprint density at radius 1 is 0.690 bits per heavy atom. The van der Waals surface area contributed by atoms with Gasteiger partial charge in [0.05, 0.1) is 10.4 Å². The molecule has 206 valence electrons. The highest BCUT2D eigenvalue weighted by molar-refractivity contribution is 9.10. The van der Waals surface area contributed by atoms with Gasteiger partial charge < -0.3 is 0 Å². The fourth-order valence-corrected chi connectivity index (χ4v) is 9.64. The number of Topliss-reactive ketones (excluding diaryl/α,β-unsaturated/α-hetero) is 1. The van der Waals surface area contributed by atoms with Crippen molar-refractivity contribution >= 4 is 56.0 Å².